The van der Waals surface area contributed by atoms with Crippen molar-refractivity contribution in [3.05, 3.63) is 58.0 Å². The number of benzene rings is 1. The fourth-order valence-corrected chi connectivity index (χ4v) is 1.32. The van der Waals surface area contributed by atoms with Crippen molar-refractivity contribution in [1.29, 1.82) is 0 Å². The summed E-state index contributed by atoms with van der Waals surface area (Å²) in [4.78, 5) is 0. The standard InChI is InChI=1S/C7H8.C5H5.3ClH.Ti/c1-7-5-3-2-4-6-7;1-2-4-5-3-1;;;;/h2-6H,1H3;1-3H,4H2;3*1H;. The third-order valence-corrected chi connectivity index (χ3v) is 2.29. The summed E-state index contributed by atoms with van der Waals surface area (Å²) in [5.74, 6) is 0. The Hall–Kier alpha value is 0.284. The Balaban J connectivity index is -0.000000179. The van der Waals surface area contributed by atoms with Crippen molar-refractivity contribution in [3.63, 3.8) is 0 Å². The third-order valence-electron chi connectivity index (χ3n) is 1.71. The van der Waals surface area contributed by atoms with Crippen molar-refractivity contribution in [2.24, 2.45) is 0 Å². The molecular weight excluding hydrogens is 298 g/mol. The molecule has 0 bridgehead atoms. The number of hydrogen-bond acceptors (Lipinski definition) is 0. The van der Waals surface area contributed by atoms with Crippen LogP contribution in [0, 0.1) is 6.92 Å². The average Bonchev–Trinajstić information content (AvgIpc) is 2.58. The van der Waals surface area contributed by atoms with Crippen LogP contribution >= 0.6 is 37.2 Å². The van der Waals surface area contributed by atoms with Crippen molar-refractivity contribution < 1.29 is 20.4 Å². The molecule has 1 aliphatic carbocycles. The quantitative estimate of drug-likeness (QED) is 0.612. The summed E-state index contributed by atoms with van der Waals surface area (Å²) < 4.78 is 1.47. The first kappa shape index (κ1) is 21.6. The second-order valence-electron chi connectivity index (χ2n) is 2.98. The molecule has 1 aliphatic rings. The monoisotopic (exact) mass is 313 g/mol. The molecule has 0 aromatic heterocycles. The minimum atomic E-state index is 0. The van der Waals surface area contributed by atoms with E-state index in [0.717, 1.165) is 0 Å². The molecule has 1 aromatic rings. The van der Waals surface area contributed by atoms with Gasteiger partial charge in [-0.3, -0.25) is 0 Å². The number of aryl methyl sites for hydroxylation is 1. The van der Waals surface area contributed by atoms with Crippen LogP contribution in [-0.4, -0.2) is 0 Å². The van der Waals surface area contributed by atoms with Gasteiger partial charge in [0.15, 0.2) is 0 Å². The molecule has 0 spiro atoms. The van der Waals surface area contributed by atoms with Crippen LogP contribution in [0.3, 0.4) is 0 Å². The zero-order valence-electron chi connectivity index (χ0n) is 9.05. The molecule has 2 rings (SSSR count). The average molecular weight is 314 g/mol. The molecule has 4 heteroatoms. The molecule has 0 saturated heterocycles. The molecular formula is C12H16Cl3Ti. The molecule has 0 unspecified atom stereocenters. The number of rotatable bonds is 0. The van der Waals surface area contributed by atoms with Crippen LogP contribution in [0.1, 0.15) is 12.0 Å². The summed E-state index contributed by atoms with van der Waals surface area (Å²) in [7, 11) is 0. The van der Waals surface area contributed by atoms with Crippen molar-refractivity contribution in [1.82, 2.24) is 0 Å². The molecule has 0 fully saturated rings. The molecule has 89 valence electrons. The van der Waals surface area contributed by atoms with Crippen LogP contribution in [-0.2, 0) is 20.4 Å². The Bertz CT molecular complexity index is 307. The molecule has 0 heterocycles. The zero-order chi connectivity index (χ0) is 9.52. The van der Waals surface area contributed by atoms with Gasteiger partial charge in [-0.2, -0.15) is 0 Å². The van der Waals surface area contributed by atoms with Gasteiger partial charge in [0, 0.05) is 0 Å². The molecule has 0 nitrogen and oxygen atoms in total. The van der Waals surface area contributed by atoms with Gasteiger partial charge in [-0.05, 0) is 6.92 Å². The van der Waals surface area contributed by atoms with E-state index in [1.807, 2.05) is 18.2 Å². The minimum absolute atomic E-state index is 0. The Labute approximate surface area is 128 Å². The molecule has 1 aromatic carbocycles. The number of allylic oxidation sites excluding steroid dienone is 4. The van der Waals surface area contributed by atoms with E-state index < -0.39 is 0 Å². The zero-order valence-corrected chi connectivity index (χ0v) is 13.1. The van der Waals surface area contributed by atoms with Crippen molar-refractivity contribution in [2.45, 2.75) is 13.3 Å². The SMILES string of the molecule is Cc1ccccc1.Cl.Cl.Cl.[Ti][C]1=CC=CC1. The van der Waals surface area contributed by atoms with Crippen LogP contribution in [0.4, 0.5) is 0 Å². The summed E-state index contributed by atoms with van der Waals surface area (Å²) in [6, 6.07) is 10.3. The molecule has 0 aliphatic heterocycles. The van der Waals surface area contributed by atoms with Gasteiger partial charge in [0.25, 0.3) is 0 Å². The van der Waals surface area contributed by atoms with Crippen LogP contribution in [0.5, 0.6) is 0 Å². The Morgan fingerprint density at radius 3 is 1.75 bits per heavy atom. The van der Waals surface area contributed by atoms with E-state index >= 15 is 0 Å². The van der Waals surface area contributed by atoms with Gasteiger partial charge in [0.1, 0.15) is 0 Å². The number of hydrogen-bond donors (Lipinski definition) is 0. The van der Waals surface area contributed by atoms with E-state index in [4.69, 9.17) is 0 Å². The van der Waals surface area contributed by atoms with E-state index in [-0.39, 0.29) is 37.2 Å². The third kappa shape index (κ3) is 10.8. The van der Waals surface area contributed by atoms with Gasteiger partial charge < -0.3 is 0 Å². The summed E-state index contributed by atoms with van der Waals surface area (Å²) in [5.41, 5.74) is 1.32. The second-order valence-corrected chi connectivity index (χ2v) is 3.98. The van der Waals surface area contributed by atoms with Crippen molar-refractivity contribution in [3.8, 4) is 0 Å². The second kappa shape index (κ2) is 13.3. The van der Waals surface area contributed by atoms with Crippen LogP contribution in [0.15, 0.2) is 52.4 Å². The Kier molecular flexibility index (Phi) is 18.0. The fraction of sp³-hybridized carbons (Fsp3) is 0.167. The summed E-state index contributed by atoms with van der Waals surface area (Å²) in [5, 5.41) is 0. The Morgan fingerprint density at radius 2 is 1.56 bits per heavy atom. The summed E-state index contributed by atoms with van der Waals surface area (Å²) in [6.07, 6.45) is 7.56. The van der Waals surface area contributed by atoms with Gasteiger partial charge in [-0.1, -0.05) is 35.9 Å². The predicted octanol–water partition coefficient (Wildman–Crippen LogP) is 4.64. The first-order valence-electron chi connectivity index (χ1n) is 4.38. The molecule has 16 heavy (non-hydrogen) atoms. The topological polar surface area (TPSA) is 0 Å². The summed E-state index contributed by atoms with van der Waals surface area (Å²) >= 11 is 2.14. The van der Waals surface area contributed by atoms with E-state index in [9.17, 15) is 0 Å². The molecule has 0 atom stereocenters. The fourth-order valence-electron chi connectivity index (χ4n) is 0.982. The van der Waals surface area contributed by atoms with Crippen LogP contribution in [0.25, 0.3) is 0 Å². The van der Waals surface area contributed by atoms with Gasteiger partial charge in [-0.25, -0.2) is 0 Å². The first-order valence-corrected chi connectivity index (χ1v) is 5.16. The maximum atomic E-state index is 2.16. The maximum absolute atomic E-state index is 2.16. The van der Waals surface area contributed by atoms with E-state index in [0.29, 0.717) is 0 Å². The van der Waals surface area contributed by atoms with Crippen molar-refractivity contribution >= 4 is 37.2 Å². The Morgan fingerprint density at radius 1 is 1.00 bits per heavy atom. The van der Waals surface area contributed by atoms with Gasteiger partial charge in [0.05, 0.1) is 0 Å². The van der Waals surface area contributed by atoms with Gasteiger partial charge >= 0.3 is 49.0 Å². The van der Waals surface area contributed by atoms with Gasteiger partial charge in [-0.15, -0.1) is 37.2 Å². The molecule has 0 saturated carbocycles. The van der Waals surface area contributed by atoms with Crippen molar-refractivity contribution in [2.75, 3.05) is 0 Å². The van der Waals surface area contributed by atoms with E-state index in [2.05, 4.69) is 57.7 Å². The normalized spacial score (nSPS) is 10.6. The molecule has 0 N–H and O–H groups in total. The van der Waals surface area contributed by atoms with E-state index in [1.165, 1.54) is 15.9 Å². The van der Waals surface area contributed by atoms with Crippen LogP contribution < -0.4 is 0 Å². The molecule has 0 radical (unpaired) electrons. The van der Waals surface area contributed by atoms with Gasteiger partial charge in [0.2, 0.25) is 0 Å². The van der Waals surface area contributed by atoms with E-state index in [1.54, 1.807) is 0 Å². The molecule has 0 amide bonds. The first-order chi connectivity index (χ1) is 6.29. The summed E-state index contributed by atoms with van der Waals surface area (Å²) in [6.45, 7) is 2.08. The van der Waals surface area contributed by atoms with Crippen LogP contribution in [0.2, 0.25) is 0 Å². The predicted molar refractivity (Wildman–Crippen MR) is 74.8 cm³/mol. The number of halogens is 3.